The highest BCUT2D eigenvalue weighted by molar-refractivity contribution is 5.27. The molecule has 0 spiro atoms. The molecule has 1 aromatic heterocycles. The summed E-state index contributed by atoms with van der Waals surface area (Å²) in [4.78, 5) is 0. The molecule has 1 heterocycles. The quantitative estimate of drug-likeness (QED) is 0.601. The second-order valence-electron chi connectivity index (χ2n) is 3.27. The Labute approximate surface area is 65.0 Å². The van der Waals surface area contributed by atoms with E-state index in [9.17, 15) is 4.39 Å². The average molecular weight is 154 g/mol. The number of hydrogen-bond donors (Lipinski definition) is 0. The first kappa shape index (κ1) is 6.83. The number of hydrogen-bond acceptors (Lipinski definition) is 1. The zero-order chi connectivity index (χ0) is 8.06. The van der Waals surface area contributed by atoms with Gasteiger partial charge in [0.15, 0.2) is 5.67 Å². The third-order valence-corrected chi connectivity index (χ3v) is 2.24. The summed E-state index contributed by atoms with van der Waals surface area (Å²) in [6.07, 6.45) is 3.04. The molecule has 0 amide bonds. The second-order valence-corrected chi connectivity index (χ2v) is 3.27. The van der Waals surface area contributed by atoms with Gasteiger partial charge in [0.05, 0.1) is 11.9 Å². The van der Waals surface area contributed by atoms with E-state index in [1.165, 1.54) is 0 Å². The van der Waals surface area contributed by atoms with E-state index >= 15 is 0 Å². The summed E-state index contributed by atoms with van der Waals surface area (Å²) in [7, 11) is 1.79. The monoisotopic (exact) mass is 154 g/mol. The Balaban J connectivity index is 2.50. The molecule has 1 saturated carbocycles. The first-order valence-corrected chi connectivity index (χ1v) is 3.81. The fraction of sp³-hybridized carbons (Fsp3) is 0.625. The lowest BCUT2D eigenvalue weighted by molar-refractivity contribution is 0.297. The molecule has 0 N–H and O–H groups in total. The van der Waals surface area contributed by atoms with E-state index in [0.29, 0.717) is 12.8 Å². The van der Waals surface area contributed by atoms with Crippen LogP contribution in [0.2, 0.25) is 0 Å². The van der Waals surface area contributed by atoms with Crippen molar-refractivity contribution in [3.05, 3.63) is 17.5 Å². The second kappa shape index (κ2) is 1.84. The van der Waals surface area contributed by atoms with Crippen molar-refractivity contribution in [3.63, 3.8) is 0 Å². The highest BCUT2D eigenvalue weighted by Gasteiger charge is 2.48. The maximum atomic E-state index is 13.5. The van der Waals surface area contributed by atoms with Gasteiger partial charge in [0.2, 0.25) is 0 Å². The number of aromatic nitrogens is 2. The molecule has 0 unspecified atom stereocenters. The maximum absolute atomic E-state index is 13.5. The highest BCUT2D eigenvalue weighted by atomic mass is 19.1. The van der Waals surface area contributed by atoms with Crippen molar-refractivity contribution in [2.45, 2.75) is 25.4 Å². The van der Waals surface area contributed by atoms with Gasteiger partial charge in [0.25, 0.3) is 0 Å². The number of halogens is 1. The van der Waals surface area contributed by atoms with Gasteiger partial charge in [0.1, 0.15) is 0 Å². The minimum absolute atomic E-state index is 0.660. The van der Waals surface area contributed by atoms with Gasteiger partial charge in [-0.2, -0.15) is 5.10 Å². The molecule has 1 fully saturated rings. The molecule has 2 rings (SSSR count). The van der Waals surface area contributed by atoms with Gasteiger partial charge in [-0.25, -0.2) is 4.39 Å². The van der Waals surface area contributed by atoms with E-state index < -0.39 is 5.67 Å². The lowest BCUT2D eigenvalue weighted by Crippen LogP contribution is -2.07. The fourth-order valence-corrected chi connectivity index (χ4v) is 1.54. The number of rotatable bonds is 1. The molecule has 11 heavy (non-hydrogen) atoms. The molecule has 3 heteroatoms. The van der Waals surface area contributed by atoms with Gasteiger partial charge in [0, 0.05) is 7.05 Å². The normalized spacial score (nSPS) is 20.3. The van der Waals surface area contributed by atoms with Crippen LogP contribution in [0.5, 0.6) is 0 Å². The Morgan fingerprint density at radius 2 is 2.27 bits per heavy atom. The van der Waals surface area contributed by atoms with Crippen LogP contribution in [-0.4, -0.2) is 9.78 Å². The lowest BCUT2D eigenvalue weighted by atomic mass is 10.2. The summed E-state index contributed by atoms with van der Waals surface area (Å²) in [6, 6.07) is 0. The van der Waals surface area contributed by atoms with Crippen LogP contribution in [0, 0.1) is 6.92 Å². The minimum Gasteiger partial charge on any atom is -0.269 e. The molecule has 0 radical (unpaired) electrons. The Kier molecular flexibility index (Phi) is 1.14. The third-order valence-electron chi connectivity index (χ3n) is 2.24. The SMILES string of the molecule is Cc1cnn(C)c1C1(F)CC1. The van der Waals surface area contributed by atoms with Crippen LogP contribution < -0.4 is 0 Å². The number of nitrogens with zero attached hydrogens (tertiary/aromatic N) is 2. The van der Waals surface area contributed by atoms with Crippen LogP contribution in [0.25, 0.3) is 0 Å². The predicted octanol–water partition coefficient (Wildman–Crippen LogP) is 1.69. The molecule has 0 aromatic carbocycles. The zero-order valence-corrected chi connectivity index (χ0v) is 6.76. The first-order valence-electron chi connectivity index (χ1n) is 3.81. The Morgan fingerprint density at radius 1 is 1.64 bits per heavy atom. The summed E-state index contributed by atoms with van der Waals surface area (Å²) in [6.45, 7) is 1.90. The van der Waals surface area contributed by atoms with Gasteiger partial charge in [-0.3, -0.25) is 4.68 Å². The van der Waals surface area contributed by atoms with Gasteiger partial charge in [-0.15, -0.1) is 0 Å². The molecular formula is C8H11FN2. The topological polar surface area (TPSA) is 17.8 Å². The Hall–Kier alpha value is -0.860. The Bertz CT molecular complexity index is 267. The van der Waals surface area contributed by atoms with Crippen molar-refractivity contribution in [1.29, 1.82) is 0 Å². The summed E-state index contributed by atoms with van der Waals surface area (Å²) >= 11 is 0. The van der Waals surface area contributed by atoms with Crippen molar-refractivity contribution in [3.8, 4) is 0 Å². The van der Waals surface area contributed by atoms with Gasteiger partial charge < -0.3 is 0 Å². The summed E-state index contributed by atoms with van der Waals surface area (Å²) in [5.41, 5.74) is 0.681. The molecule has 60 valence electrons. The lowest BCUT2D eigenvalue weighted by Gasteiger charge is -2.06. The zero-order valence-electron chi connectivity index (χ0n) is 6.76. The van der Waals surface area contributed by atoms with Crippen molar-refractivity contribution < 1.29 is 4.39 Å². The van der Waals surface area contributed by atoms with E-state index in [-0.39, 0.29) is 0 Å². The molecule has 0 atom stereocenters. The van der Waals surface area contributed by atoms with Gasteiger partial charge in [-0.1, -0.05) is 0 Å². The molecule has 0 saturated heterocycles. The first-order chi connectivity index (χ1) is 5.13. The van der Waals surface area contributed by atoms with Gasteiger partial charge >= 0.3 is 0 Å². The Morgan fingerprint density at radius 3 is 2.64 bits per heavy atom. The fourth-order valence-electron chi connectivity index (χ4n) is 1.54. The summed E-state index contributed by atoms with van der Waals surface area (Å²) in [5, 5.41) is 4.00. The van der Waals surface area contributed by atoms with Crippen LogP contribution in [-0.2, 0) is 12.7 Å². The van der Waals surface area contributed by atoms with Gasteiger partial charge in [-0.05, 0) is 25.3 Å². The van der Waals surface area contributed by atoms with E-state index in [0.717, 1.165) is 11.3 Å². The third kappa shape index (κ3) is 0.870. The van der Waals surface area contributed by atoms with Crippen LogP contribution >= 0.6 is 0 Å². The van der Waals surface area contributed by atoms with Crippen LogP contribution in [0.3, 0.4) is 0 Å². The summed E-state index contributed by atoms with van der Waals surface area (Å²) < 4.78 is 15.2. The molecule has 0 bridgehead atoms. The number of aryl methyl sites for hydroxylation is 2. The molecule has 0 aliphatic heterocycles. The predicted molar refractivity (Wildman–Crippen MR) is 40.0 cm³/mol. The van der Waals surface area contributed by atoms with E-state index in [1.807, 2.05) is 6.92 Å². The van der Waals surface area contributed by atoms with E-state index in [4.69, 9.17) is 0 Å². The maximum Gasteiger partial charge on any atom is 0.152 e. The largest absolute Gasteiger partial charge is 0.269 e. The van der Waals surface area contributed by atoms with Crippen molar-refractivity contribution in [1.82, 2.24) is 9.78 Å². The smallest absolute Gasteiger partial charge is 0.152 e. The standard InChI is InChI=1S/C8H11FN2/c1-6-5-10-11(2)7(6)8(9)3-4-8/h5H,3-4H2,1-2H3. The number of alkyl halides is 1. The molecule has 1 aliphatic rings. The molecule has 2 nitrogen and oxygen atoms in total. The molecular weight excluding hydrogens is 143 g/mol. The average Bonchev–Trinajstić information content (AvgIpc) is 2.56. The molecule has 1 aliphatic carbocycles. The van der Waals surface area contributed by atoms with E-state index in [2.05, 4.69) is 5.10 Å². The van der Waals surface area contributed by atoms with Crippen LogP contribution in [0.4, 0.5) is 4.39 Å². The minimum atomic E-state index is -1.05. The van der Waals surface area contributed by atoms with Crippen LogP contribution in [0.1, 0.15) is 24.1 Å². The summed E-state index contributed by atoms with van der Waals surface area (Å²) in [5.74, 6) is 0. The van der Waals surface area contributed by atoms with E-state index in [1.54, 1.807) is 17.9 Å². The van der Waals surface area contributed by atoms with Crippen molar-refractivity contribution in [2.75, 3.05) is 0 Å². The van der Waals surface area contributed by atoms with Crippen LogP contribution in [0.15, 0.2) is 6.20 Å². The molecule has 1 aromatic rings. The van der Waals surface area contributed by atoms with Crippen molar-refractivity contribution in [2.24, 2.45) is 7.05 Å². The highest BCUT2D eigenvalue weighted by Crippen LogP contribution is 2.50. The van der Waals surface area contributed by atoms with Crippen molar-refractivity contribution >= 4 is 0 Å².